The van der Waals surface area contributed by atoms with Gasteiger partial charge in [0.1, 0.15) is 0 Å². The van der Waals surface area contributed by atoms with E-state index in [1.54, 1.807) is 6.20 Å². The molecule has 124 valence electrons. The maximum Gasteiger partial charge on any atom is 0.227 e. The Morgan fingerprint density at radius 2 is 1.79 bits per heavy atom. The van der Waals surface area contributed by atoms with Gasteiger partial charge in [0.2, 0.25) is 5.95 Å². The summed E-state index contributed by atoms with van der Waals surface area (Å²) in [6, 6.07) is 11.6. The first-order valence-electron chi connectivity index (χ1n) is 7.78. The number of benzene rings is 2. The van der Waals surface area contributed by atoms with Gasteiger partial charge >= 0.3 is 0 Å². The van der Waals surface area contributed by atoms with Crippen LogP contribution in [-0.2, 0) is 0 Å². The largest absolute Gasteiger partial charge is 0.490 e. The number of hydrogen-bond acceptors (Lipinski definition) is 5. The highest BCUT2D eigenvalue weighted by Gasteiger charge is 2.09. The summed E-state index contributed by atoms with van der Waals surface area (Å²) >= 11 is 3.45. The first-order valence-corrected chi connectivity index (χ1v) is 8.58. The van der Waals surface area contributed by atoms with Crippen molar-refractivity contribution in [2.75, 3.05) is 18.5 Å². The zero-order chi connectivity index (χ0) is 16.9. The number of aromatic nitrogens is 2. The lowest BCUT2D eigenvalue weighted by atomic mass is 10.2. The van der Waals surface area contributed by atoms with Crippen molar-refractivity contribution in [1.82, 2.24) is 9.97 Å². The van der Waals surface area contributed by atoms with E-state index >= 15 is 0 Å². The summed E-state index contributed by atoms with van der Waals surface area (Å²) in [5, 5.41) is 4.11. The van der Waals surface area contributed by atoms with Crippen molar-refractivity contribution < 1.29 is 9.47 Å². The highest BCUT2D eigenvalue weighted by molar-refractivity contribution is 9.10. The van der Waals surface area contributed by atoms with Crippen LogP contribution in [0.4, 0.5) is 11.6 Å². The van der Waals surface area contributed by atoms with Crippen molar-refractivity contribution in [3.05, 3.63) is 47.1 Å². The summed E-state index contributed by atoms with van der Waals surface area (Å²) in [5.74, 6) is 1.94. The summed E-state index contributed by atoms with van der Waals surface area (Å²) in [4.78, 5) is 8.95. The standard InChI is InChI=1S/C18H18BrN3O2/c1-3-23-16-8-12-11-20-18(21-14-7-5-6-13(19)9-14)22-15(12)10-17(16)24-4-2/h5-11H,3-4H2,1-2H3,(H,20,21,22). The fourth-order valence-electron chi connectivity index (χ4n) is 2.33. The Kier molecular flexibility index (Phi) is 5.15. The van der Waals surface area contributed by atoms with Crippen LogP contribution in [0.25, 0.3) is 10.9 Å². The van der Waals surface area contributed by atoms with Gasteiger partial charge in [-0.1, -0.05) is 22.0 Å². The number of ether oxygens (including phenoxy) is 2. The lowest BCUT2D eigenvalue weighted by Crippen LogP contribution is -2.00. The Labute approximate surface area is 149 Å². The lowest BCUT2D eigenvalue weighted by Gasteiger charge is -2.12. The van der Waals surface area contributed by atoms with Gasteiger partial charge in [-0.3, -0.25) is 0 Å². The maximum absolute atomic E-state index is 5.66. The Morgan fingerprint density at radius 3 is 2.50 bits per heavy atom. The first-order chi connectivity index (χ1) is 11.7. The van der Waals surface area contributed by atoms with Crippen LogP contribution in [-0.4, -0.2) is 23.2 Å². The van der Waals surface area contributed by atoms with Crippen LogP contribution in [0.2, 0.25) is 0 Å². The molecule has 5 nitrogen and oxygen atoms in total. The molecular weight excluding hydrogens is 370 g/mol. The molecule has 3 rings (SSSR count). The molecule has 0 saturated heterocycles. The minimum Gasteiger partial charge on any atom is -0.490 e. The summed E-state index contributed by atoms with van der Waals surface area (Å²) in [6.07, 6.45) is 1.78. The van der Waals surface area contributed by atoms with Gasteiger partial charge in [0.05, 0.1) is 18.7 Å². The van der Waals surface area contributed by atoms with Crippen LogP contribution < -0.4 is 14.8 Å². The van der Waals surface area contributed by atoms with Crippen LogP contribution in [0.15, 0.2) is 47.1 Å². The predicted molar refractivity (Wildman–Crippen MR) is 99.3 cm³/mol. The summed E-state index contributed by atoms with van der Waals surface area (Å²) in [7, 11) is 0. The Morgan fingerprint density at radius 1 is 1.04 bits per heavy atom. The van der Waals surface area contributed by atoms with Crippen molar-refractivity contribution >= 4 is 38.5 Å². The molecule has 6 heteroatoms. The zero-order valence-corrected chi connectivity index (χ0v) is 15.1. The number of anilines is 2. The lowest BCUT2D eigenvalue weighted by molar-refractivity contribution is 0.288. The van der Waals surface area contributed by atoms with Crippen molar-refractivity contribution in [2.24, 2.45) is 0 Å². The number of nitrogens with zero attached hydrogens (tertiary/aromatic N) is 2. The number of hydrogen-bond donors (Lipinski definition) is 1. The van der Waals surface area contributed by atoms with Crippen LogP contribution in [0.1, 0.15) is 13.8 Å². The highest BCUT2D eigenvalue weighted by Crippen LogP contribution is 2.32. The second kappa shape index (κ2) is 7.49. The molecule has 24 heavy (non-hydrogen) atoms. The molecule has 0 bridgehead atoms. The number of fused-ring (bicyclic) bond motifs is 1. The van der Waals surface area contributed by atoms with Gasteiger partial charge in [0.15, 0.2) is 11.5 Å². The molecule has 0 aliphatic heterocycles. The predicted octanol–water partition coefficient (Wildman–Crippen LogP) is 4.93. The van der Waals surface area contributed by atoms with E-state index in [2.05, 4.69) is 31.2 Å². The van der Waals surface area contributed by atoms with Crippen LogP contribution in [0.5, 0.6) is 11.5 Å². The van der Waals surface area contributed by atoms with Gasteiger partial charge in [-0.2, -0.15) is 0 Å². The maximum atomic E-state index is 5.66. The summed E-state index contributed by atoms with van der Waals surface area (Å²) in [6.45, 7) is 5.04. The molecule has 0 fully saturated rings. The molecule has 0 aliphatic rings. The smallest absolute Gasteiger partial charge is 0.227 e. The monoisotopic (exact) mass is 387 g/mol. The molecule has 1 N–H and O–H groups in total. The molecule has 0 radical (unpaired) electrons. The molecule has 0 atom stereocenters. The van der Waals surface area contributed by atoms with Gasteiger partial charge in [-0.05, 0) is 38.1 Å². The van der Waals surface area contributed by atoms with E-state index in [-0.39, 0.29) is 0 Å². The second-order valence-electron chi connectivity index (χ2n) is 5.05. The van der Waals surface area contributed by atoms with Crippen molar-refractivity contribution in [1.29, 1.82) is 0 Å². The van der Waals surface area contributed by atoms with E-state index in [1.165, 1.54) is 0 Å². The summed E-state index contributed by atoms with van der Waals surface area (Å²) in [5.41, 5.74) is 1.72. The van der Waals surface area contributed by atoms with Crippen molar-refractivity contribution in [3.8, 4) is 11.5 Å². The van der Waals surface area contributed by atoms with E-state index in [4.69, 9.17) is 9.47 Å². The number of nitrogens with one attached hydrogen (secondary N) is 1. The van der Waals surface area contributed by atoms with Gasteiger partial charge in [0, 0.05) is 27.8 Å². The van der Waals surface area contributed by atoms with E-state index in [1.807, 2.05) is 50.2 Å². The van der Waals surface area contributed by atoms with E-state index < -0.39 is 0 Å². The normalized spacial score (nSPS) is 10.6. The quantitative estimate of drug-likeness (QED) is 0.649. The minimum absolute atomic E-state index is 0.534. The molecule has 0 unspecified atom stereocenters. The first kappa shape index (κ1) is 16.5. The molecule has 2 aromatic carbocycles. The molecule has 1 aromatic heterocycles. The SMILES string of the molecule is CCOc1cc2cnc(Nc3cccc(Br)c3)nc2cc1OCC. The third-order valence-corrected chi connectivity index (χ3v) is 3.82. The van der Waals surface area contributed by atoms with Crippen LogP contribution >= 0.6 is 15.9 Å². The van der Waals surface area contributed by atoms with Gasteiger partial charge in [-0.15, -0.1) is 0 Å². The molecule has 0 spiro atoms. The molecule has 0 aliphatic carbocycles. The van der Waals surface area contributed by atoms with Crippen molar-refractivity contribution in [2.45, 2.75) is 13.8 Å². The fraction of sp³-hybridized carbons (Fsp3) is 0.222. The number of rotatable bonds is 6. The van der Waals surface area contributed by atoms with Crippen molar-refractivity contribution in [3.63, 3.8) is 0 Å². The van der Waals surface area contributed by atoms with E-state index in [0.717, 1.165) is 21.1 Å². The zero-order valence-electron chi connectivity index (χ0n) is 13.5. The minimum atomic E-state index is 0.534. The van der Waals surface area contributed by atoms with E-state index in [0.29, 0.717) is 30.7 Å². The molecule has 3 aromatic rings. The van der Waals surface area contributed by atoms with Gasteiger partial charge < -0.3 is 14.8 Å². The Hall–Kier alpha value is -2.34. The fourth-order valence-corrected chi connectivity index (χ4v) is 2.73. The molecular formula is C18H18BrN3O2. The third-order valence-electron chi connectivity index (χ3n) is 3.33. The highest BCUT2D eigenvalue weighted by atomic mass is 79.9. The topological polar surface area (TPSA) is 56.3 Å². The van der Waals surface area contributed by atoms with Gasteiger partial charge in [-0.25, -0.2) is 9.97 Å². The Balaban J connectivity index is 1.96. The van der Waals surface area contributed by atoms with Gasteiger partial charge in [0.25, 0.3) is 0 Å². The molecule has 1 heterocycles. The average molecular weight is 388 g/mol. The van der Waals surface area contributed by atoms with E-state index in [9.17, 15) is 0 Å². The Bertz CT molecular complexity index is 855. The third kappa shape index (κ3) is 3.76. The number of halogens is 1. The summed E-state index contributed by atoms with van der Waals surface area (Å²) < 4.78 is 12.3. The van der Waals surface area contributed by atoms with Crippen LogP contribution in [0, 0.1) is 0 Å². The molecule has 0 amide bonds. The average Bonchev–Trinajstić information content (AvgIpc) is 2.56. The second-order valence-corrected chi connectivity index (χ2v) is 5.97. The van der Waals surface area contributed by atoms with Crippen LogP contribution in [0.3, 0.4) is 0 Å². The molecule has 0 saturated carbocycles.